The molecule has 1 aromatic carbocycles. The maximum Gasteiger partial charge on any atom is 0.0717 e. The fourth-order valence-electron chi connectivity index (χ4n) is 2.12. The molecule has 1 aromatic rings. The molecule has 1 atom stereocenters. The van der Waals surface area contributed by atoms with Crippen molar-refractivity contribution in [1.82, 2.24) is 4.90 Å². The molecule has 0 aliphatic heterocycles. The first-order chi connectivity index (χ1) is 8.67. The number of hydrogen-bond donors (Lipinski definition) is 0. The van der Waals surface area contributed by atoms with Crippen molar-refractivity contribution >= 4 is 0 Å². The van der Waals surface area contributed by atoms with Crippen LogP contribution in [0.15, 0.2) is 24.3 Å². The SMILES string of the molecule is CCC(C)N(CC)CCOCc1cccc(C)c1. The highest BCUT2D eigenvalue weighted by Gasteiger charge is 2.08. The first-order valence-electron chi connectivity index (χ1n) is 7.04. The topological polar surface area (TPSA) is 12.5 Å². The molecule has 0 aliphatic rings. The summed E-state index contributed by atoms with van der Waals surface area (Å²) in [4.78, 5) is 2.47. The van der Waals surface area contributed by atoms with E-state index in [2.05, 4.69) is 56.9 Å². The Bertz CT molecular complexity index is 338. The third-order valence-corrected chi connectivity index (χ3v) is 3.49. The van der Waals surface area contributed by atoms with Crippen LogP contribution in [-0.4, -0.2) is 30.6 Å². The molecule has 0 fully saturated rings. The van der Waals surface area contributed by atoms with Crippen LogP contribution in [0.1, 0.15) is 38.3 Å². The fourth-order valence-corrected chi connectivity index (χ4v) is 2.12. The molecule has 0 spiro atoms. The van der Waals surface area contributed by atoms with Gasteiger partial charge in [-0.15, -0.1) is 0 Å². The van der Waals surface area contributed by atoms with Crippen molar-refractivity contribution in [3.05, 3.63) is 35.4 Å². The number of rotatable bonds is 8. The number of aryl methyl sites for hydroxylation is 1. The van der Waals surface area contributed by atoms with Crippen molar-refractivity contribution in [2.24, 2.45) is 0 Å². The van der Waals surface area contributed by atoms with E-state index in [4.69, 9.17) is 4.74 Å². The van der Waals surface area contributed by atoms with Gasteiger partial charge in [0.15, 0.2) is 0 Å². The van der Waals surface area contributed by atoms with Crippen LogP contribution in [0.2, 0.25) is 0 Å². The van der Waals surface area contributed by atoms with Gasteiger partial charge in [0.2, 0.25) is 0 Å². The van der Waals surface area contributed by atoms with Crippen LogP contribution in [0, 0.1) is 6.92 Å². The van der Waals surface area contributed by atoms with Crippen LogP contribution in [0.3, 0.4) is 0 Å². The summed E-state index contributed by atoms with van der Waals surface area (Å²) < 4.78 is 5.76. The molecule has 2 heteroatoms. The van der Waals surface area contributed by atoms with Crippen molar-refractivity contribution in [3.8, 4) is 0 Å². The average Bonchev–Trinajstić information content (AvgIpc) is 2.38. The quantitative estimate of drug-likeness (QED) is 0.652. The van der Waals surface area contributed by atoms with Crippen LogP contribution in [0.25, 0.3) is 0 Å². The van der Waals surface area contributed by atoms with Crippen LogP contribution < -0.4 is 0 Å². The molecule has 18 heavy (non-hydrogen) atoms. The van der Waals surface area contributed by atoms with Crippen LogP contribution in [-0.2, 0) is 11.3 Å². The van der Waals surface area contributed by atoms with Gasteiger partial charge in [0.1, 0.15) is 0 Å². The minimum Gasteiger partial charge on any atom is -0.375 e. The van der Waals surface area contributed by atoms with Crippen LogP contribution >= 0.6 is 0 Å². The Morgan fingerprint density at radius 3 is 2.67 bits per heavy atom. The van der Waals surface area contributed by atoms with E-state index in [-0.39, 0.29) is 0 Å². The number of ether oxygens (including phenoxy) is 1. The lowest BCUT2D eigenvalue weighted by Gasteiger charge is -2.26. The highest BCUT2D eigenvalue weighted by molar-refractivity contribution is 5.21. The van der Waals surface area contributed by atoms with Crippen molar-refractivity contribution < 1.29 is 4.74 Å². The molecule has 0 amide bonds. The van der Waals surface area contributed by atoms with E-state index in [0.717, 1.165) is 26.3 Å². The third-order valence-electron chi connectivity index (χ3n) is 3.49. The zero-order chi connectivity index (χ0) is 13.4. The summed E-state index contributed by atoms with van der Waals surface area (Å²) in [6, 6.07) is 9.17. The predicted octanol–water partition coefficient (Wildman–Crippen LogP) is 3.63. The highest BCUT2D eigenvalue weighted by atomic mass is 16.5. The van der Waals surface area contributed by atoms with Crippen molar-refractivity contribution in [3.63, 3.8) is 0 Å². The molecule has 1 rings (SSSR count). The number of nitrogens with zero attached hydrogens (tertiary/aromatic N) is 1. The molecule has 1 unspecified atom stereocenters. The molecular formula is C16H27NO. The standard InChI is InChI=1S/C16H27NO/c1-5-15(4)17(6-2)10-11-18-13-16-9-7-8-14(3)12-16/h7-9,12,15H,5-6,10-11,13H2,1-4H3. The summed E-state index contributed by atoms with van der Waals surface area (Å²) >= 11 is 0. The van der Waals surface area contributed by atoms with E-state index < -0.39 is 0 Å². The second kappa shape index (κ2) is 8.28. The van der Waals surface area contributed by atoms with Gasteiger partial charge >= 0.3 is 0 Å². The third kappa shape index (κ3) is 5.19. The van der Waals surface area contributed by atoms with Crippen LogP contribution in [0.4, 0.5) is 0 Å². The monoisotopic (exact) mass is 249 g/mol. The van der Waals surface area contributed by atoms with Gasteiger partial charge in [-0.25, -0.2) is 0 Å². The summed E-state index contributed by atoms with van der Waals surface area (Å²) in [6.07, 6.45) is 1.20. The summed E-state index contributed by atoms with van der Waals surface area (Å²) in [5.41, 5.74) is 2.56. The lowest BCUT2D eigenvalue weighted by atomic mass is 10.1. The van der Waals surface area contributed by atoms with E-state index in [9.17, 15) is 0 Å². The molecule has 0 bridgehead atoms. The maximum absolute atomic E-state index is 5.76. The Balaban J connectivity index is 2.25. The molecule has 0 aromatic heterocycles. The molecule has 0 N–H and O–H groups in total. The normalized spacial score (nSPS) is 12.9. The number of benzene rings is 1. The van der Waals surface area contributed by atoms with Gasteiger partial charge in [-0.05, 0) is 32.4 Å². The first-order valence-corrected chi connectivity index (χ1v) is 7.04. The first kappa shape index (κ1) is 15.2. The smallest absolute Gasteiger partial charge is 0.0717 e. The van der Waals surface area contributed by atoms with E-state index in [1.165, 1.54) is 17.5 Å². The Morgan fingerprint density at radius 2 is 2.06 bits per heavy atom. The largest absolute Gasteiger partial charge is 0.375 e. The number of hydrogen-bond acceptors (Lipinski definition) is 2. The van der Waals surface area contributed by atoms with Crippen LogP contribution in [0.5, 0.6) is 0 Å². The molecule has 0 saturated heterocycles. The minimum absolute atomic E-state index is 0.651. The van der Waals surface area contributed by atoms with Gasteiger partial charge in [-0.3, -0.25) is 4.90 Å². The van der Waals surface area contributed by atoms with Gasteiger partial charge < -0.3 is 4.74 Å². The van der Waals surface area contributed by atoms with Gasteiger partial charge in [-0.1, -0.05) is 43.7 Å². The van der Waals surface area contributed by atoms with Crippen molar-refractivity contribution in [2.75, 3.05) is 19.7 Å². The summed E-state index contributed by atoms with van der Waals surface area (Å²) in [7, 11) is 0. The van der Waals surface area contributed by atoms with Crippen molar-refractivity contribution in [1.29, 1.82) is 0 Å². The van der Waals surface area contributed by atoms with Gasteiger partial charge in [0.25, 0.3) is 0 Å². The second-order valence-electron chi connectivity index (χ2n) is 4.93. The predicted molar refractivity (Wildman–Crippen MR) is 77.8 cm³/mol. The summed E-state index contributed by atoms with van der Waals surface area (Å²) in [5.74, 6) is 0. The van der Waals surface area contributed by atoms with E-state index in [1.807, 2.05) is 0 Å². The molecule has 0 radical (unpaired) electrons. The van der Waals surface area contributed by atoms with E-state index in [0.29, 0.717) is 6.04 Å². The Kier molecular flexibility index (Phi) is 6.99. The van der Waals surface area contributed by atoms with Gasteiger partial charge in [0.05, 0.1) is 13.2 Å². The molecular weight excluding hydrogens is 222 g/mol. The minimum atomic E-state index is 0.651. The molecule has 102 valence electrons. The molecule has 2 nitrogen and oxygen atoms in total. The molecule has 0 aliphatic carbocycles. The Hall–Kier alpha value is -0.860. The van der Waals surface area contributed by atoms with Gasteiger partial charge in [0, 0.05) is 12.6 Å². The fraction of sp³-hybridized carbons (Fsp3) is 0.625. The van der Waals surface area contributed by atoms with Gasteiger partial charge in [-0.2, -0.15) is 0 Å². The summed E-state index contributed by atoms with van der Waals surface area (Å²) in [5, 5.41) is 0. The zero-order valence-electron chi connectivity index (χ0n) is 12.3. The maximum atomic E-state index is 5.76. The molecule has 0 heterocycles. The van der Waals surface area contributed by atoms with Crippen molar-refractivity contribution in [2.45, 2.75) is 46.8 Å². The van der Waals surface area contributed by atoms with E-state index in [1.54, 1.807) is 0 Å². The van der Waals surface area contributed by atoms with E-state index >= 15 is 0 Å². The Labute approximate surface area is 112 Å². The Morgan fingerprint density at radius 1 is 1.28 bits per heavy atom. The zero-order valence-corrected chi connectivity index (χ0v) is 12.3. The average molecular weight is 249 g/mol. The summed E-state index contributed by atoms with van der Waals surface area (Å²) in [6.45, 7) is 12.5. The second-order valence-corrected chi connectivity index (χ2v) is 4.93. The molecule has 0 saturated carbocycles. The lowest BCUT2D eigenvalue weighted by molar-refractivity contribution is 0.0815. The number of likely N-dealkylation sites (N-methyl/N-ethyl adjacent to an activating group) is 1. The lowest BCUT2D eigenvalue weighted by Crippen LogP contribution is -2.35. The highest BCUT2D eigenvalue weighted by Crippen LogP contribution is 2.06.